The largest absolute Gasteiger partial charge is 0.488 e. The standard InChI is InChI=1S/C33H31BrClN3O4S/c1-33(2,3)22-6-14-27-29(17-22)43-32(30(27)31(39)37-25-10-8-24(35)9-11-25)36-18-21-16-23(34)7-15-28(21)42-19-20-4-12-26(13-5-20)38(40)41/h4-5,7-13,15-16,18,22H,6,14,17,19H2,1-3H3,(H,37,39)/t22-/m1/s1. The lowest BCUT2D eigenvalue weighted by Gasteiger charge is -2.33. The van der Waals surface area contributed by atoms with Crippen LogP contribution in [0.25, 0.3) is 0 Å². The number of nitrogens with one attached hydrogen (secondary N) is 1. The van der Waals surface area contributed by atoms with E-state index in [1.807, 2.05) is 18.2 Å². The van der Waals surface area contributed by atoms with Gasteiger partial charge in [0.2, 0.25) is 0 Å². The molecule has 4 aromatic rings. The predicted octanol–water partition coefficient (Wildman–Crippen LogP) is 9.81. The molecule has 5 rings (SSSR count). The van der Waals surface area contributed by atoms with Crippen LogP contribution in [0.4, 0.5) is 16.4 Å². The Labute approximate surface area is 268 Å². The van der Waals surface area contributed by atoms with Crippen LogP contribution in [0.5, 0.6) is 5.75 Å². The summed E-state index contributed by atoms with van der Waals surface area (Å²) < 4.78 is 6.95. The molecule has 1 aromatic heterocycles. The number of amides is 1. The fourth-order valence-electron chi connectivity index (χ4n) is 5.12. The molecule has 0 unspecified atom stereocenters. The molecule has 0 saturated heterocycles. The van der Waals surface area contributed by atoms with E-state index >= 15 is 0 Å². The number of carbonyl (C=O) groups excluding carboxylic acids is 1. The maximum atomic E-state index is 13.7. The first-order valence-corrected chi connectivity index (χ1v) is 15.9. The van der Waals surface area contributed by atoms with Gasteiger partial charge in [-0.3, -0.25) is 14.9 Å². The normalized spacial score (nSPS) is 14.9. The van der Waals surface area contributed by atoms with E-state index in [1.54, 1.807) is 53.9 Å². The van der Waals surface area contributed by atoms with E-state index in [0.717, 1.165) is 40.4 Å². The number of ether oxygens (including phenoxy) is 1. The summed E-state index contributed by atoms with van der Waals surface area (Å²) in [7, 11) is 0. The summed E-state index contributed by atoms with van der Waals surface area (Å²) in [4.78, 5) is 30.3. The maximum absolute atomic E-state index is 13.7. The second kappa shape index (κ2) is 13.0. The third-order valence-corrected chi connectivity index (χ3v) is 9.54. The summed E-state index contributed by atoms with van der Waals surface area (Å²) >= 11 is 11.2. The Morgan fingerprint density at radius 2 is 1.88 bits per heavy atom. The van der Waals surface area contributed by atoms with E-state index in [1.165, 1.54) is 17.0 Å². The second-order valence-electron chi connectivity index (χ2n) is 11.6. The molecule has 1 heterocycles. The van der Waals surface area contributed by atoms with Crippen LogP contribution in [0.15, 0.2) is 76.2 Å². The molecule has 10 heteroatoms. The van der Waals surface area contributed by atoms with E-state index in [-0.39, 0.29) is 23.6 Å². The Balaban J connectivity index is 1.45. The van der Waals surface area contributed by atoms with Crippen LogP contribution in [0.1, 0.15) is 59.1 Å². The monoisotopic (exact) mass is 679 g/mol. The Morgan fingerprint density at radius 3 is 2.56 bits per heavy atom. The number of nitro groups is 1. The lowest BCUT2D eigenvalue weighted by molar-refractivity contribution is -0.384. The summed E-state index contributed by atoms with van der Waals surface area (Å²) in [6.07, 6.45) is 4.49. The quantitative estimate of drug-likeness (QED) is 0.114. The molecule has 1 atom stereocenters. The first-order chi connectivity index (χ1) is 20.5. The summed E-state index contributed by atoms with van der Waals surface area (Å²) in [6, 6.07) is 19.0. The second-order valence-corrected chi connectivity index (χ2v) is 14.0. The molecule has 1 aliphatic carbocycles. The lowest BCUT2D eigenvalue weighted by Crippen LogP contribution is -2.27. The van der Waals surface area contributed by atoms with Crippen molar-refractivity contribution in [3.63, 3.8) is 0 Å². The molecule has 222 valence electrons. The summed E-state index contributed by atoms with van der Waals surface area (Å²) in [5.41, 5.74) is 4.10. The van der Waals surface area contributed by atoms with Crippen LogP contribution >= 0.6 is 38.9 Å². The third kappa shape index (κ3) is 7.52. The number of nitro benzene ring substituents is 1. The van der Waals surface area contributed by atoms with Gasteiger partial charge in [-0.15, -0.1) is 11.3 Å². The van der Waals surface area contributed by atoms with Gasteiger partial charge in [-0.25, -0.2) is 4.99 Å². The number of thiophene rings is 1. The summed E-state index contributed by atoms with van der Waals surface area (Å²) in [5, 5.41) is 15.3. The SMILES string of the molecule is CC(C)(C)[C@@H]1CCc2c(sc(N=Cc3cc(Br)ccc3OCc3ccc([N+](=O)[O-])cc3)c2C(=O)Nc2ccc(Cl)cc2)C1. The number of non-ortho nitro benzene ring substituents is 1. The van der Waals surface area contributed by atoms with Gasteiger partial charge in [-0.1, -0.05) is 48.3 Å². The minimum atomic E-state index is -0.427. The number of nitrogens with zero attached hydrogens (tertiary/aromatic N) is 2. The van der Waals surface area contributed by atoms with Gasteiger partial charge in [-0.05, 0) is 96.3 Å². The van der Waals surface area contributed by atoms with Crippen LogP contribution in [0.2, 0.25) is 5.02 Å². The molecule has 1 aliphatic rings. The van der Waals surface area contributed by atoms with E-state index < -0.39 is 4.92 Å². The Bertz CT molecular complexity index is 1680. The van der Waals surface area contributed by atoms with Gasteiger partial charge in [0.15, 0.2) is 0 Å². The Kier molecular flexibility index (Phi) is 9.34. The molecular weight excluding hydrogens is 650 g/mol. The van der Waals surface area contributed by atoms with Crippen molar-refractivity contribution in [1.29, 1.82) is 0 Å². The number of benzene rings is 3. The van der Waals surface area contributed by atoms with Crippen molar-refractivity contribution in [2.45, 2.75) is 46.6 Å². The zero-order valence-corrected chi connectivity index (χ0v) is 27.2. The summed E-state index contributed by atoms with van der Waals surface area (Å²) in [5.74, 6) is 0.934. The number of aliphatic imine (C=N–C) groups is 1. The molecule has 0 fully saturated rings. The fraction of sp³-hybridized carbons (Fsp3) is 0.273. The molecule has 1 amide bonds. The maximum Gasteiger partial charge on any atom is 0.269 e. The van der Waals surface area contributed by atoms with Gasteiger partial charge in [0.1, 0.15) is 17.4 Å². The molecular formula is C33H31BrClN3O4S. The van der Waals surface area contributed by atoms with Gasteiger partial charge < -0.3 is 10.1 Å². The smallest absolute Gasteiger partial charge is 0.269 e. The highest BCUT2D eigenvalue weighted by Crippen LogP contribution is 2.45. The van der Waals surface area contributed by atoms with Crippen LogP contribution in [0.3, 0.4) is 0 Å². The van der Waals surface area contributed by atoms with Crippen LogP contribution < -0.4 is 10.1 Å². The van der Waals surface area contributed by atoms with Crippen LogP contribution in [-0.4, -0.2) is 17.0 Å². The molecule has 7 nitrogen and oxygen atoms in total. The molecule has 0 spiro atoms. The van der Waals surface area contributed by atoms with Gasteiger partial charge >= 0.3 is 0 Å². The number of hydrogen-bond donors (Lipinski definition) is 1. The van der Waals surface area contributed by atoms with E-state index in [0.29, 0.717) is 32.9 Å². The highest BCUT2D eigenvalue weighted by atomic mass is 79.9. The fourth-order valence-corrected chi connectivity index (χ4v) is 6.89. The highest BCUT2D eigenvalue weighted by Gasteiger charge is 2.33. The number of anilines is 1. The molecule has 0 aliphatic heterocycles. The minimum absolute atomic E-state index is 0.0311. The molecule has 3 aromatic carbocycles. The predicted molar refractivity (Wildman–Crippen MR) is 178 cm³/mol. The number of carbonyl (C=O) groups is 1. The Morgan fingerprint density at radius 1 is 1.16 bits per heavy atom. The summed E-state index contributed by atoms with van der Waals surface area (Å²) in [6.45, 7) is 7.05. The number of rotatable bonds is 8. The van der Waals surface area contributed by atoms with Crippen molar-refractivity contribution >= 4 is 67.4 Å². The van der Waals surface area contributed by atoms with Crippen molar-refractivity contribution < 1.29 is 14.5 Å². The van der Waals surface area contributed by atoms with E-state index in [4.69, 9.17) is 21.3 Å². The molecule has 43 heavy (non-hydrogen) atoms. The highest BCUT2D eigenvalue weighted by molar-refractivity contribution is 9.10. The van der Waals surface area contributed by atoms with Gasteiger partial charge in [0.25, 0.3) is 11.6 Å². The van der Waals surface area contributed by atoms with Gasteiger partial charge in [0.05, 0.1) is 10.5 Å². The minimum Gasteiger partial charge on any atom is -0.488 e. The number of fused-ring (bicyclic) bond motifs is 1. The average molecular weight is 681 g/mol. The van der Waals surface area contributed by atoms with Crippen molar-refractivity contribution in [2.75, 3.05) is 5.32 Å². The van der Waals surface area contributed by atoms with Crippen LogP contribution in [-0.2, 0) is 19.4 Å². The first kappa shape index (κ1) is 30.9. The molecule has 0 radical (unpaired) electrons. The zero-order chi connectivity index (χ0) is 30.7. The van der Waals surface area contributed by atoms with Crippen molar-refractivity contribution in [3.05, 3.63) is 113 Å². The van der Waals surface area contributed by atoms with E-state index in [2.05, 4.69) is 42.0 Å². The molecule has 0 saturated carbocycles. The number of hydrogen-bond acceptors (Lipinski definition) is 6. The van der Waals surface area contributed by atoms with Crippen molar-refractivity contribution in [1.82, 2.24) is 0 Å². The Hall–Kier alpha value is -3.53. The van der Waals surface area contributed by atoms with Crippen molar-refractivity contribution in [3.8, 4) is 5.75 Å². The van der Waals surface area contributed by atoms with E-state index in [9.17, 15) is 14.9 Å². The van der Waals surface area contributed by atoms with Gasteiger partial charge in [-0.2, -0.15) is 0 Å². The number of halogens is 2. The molecule has 1 N–H and O–H groups in total. The average Bonchev–Trinajstić information content (AvgIpc) is 3.34. The first-order valence-electron chi connectivity index (χ1n) is 13.9. The van der Waals surface area contributed by atoms with Crippen LogP contribution in [0, 0.1) is 21.4 Å². The zero-order valence-electron chi connectivity index (χ0n) is 24.0. The third-order valence-electron chi connectivity index (χ3n) is 7.63. The topological polar surface area (TPSA) is 93.8 Å². The van der Waals surface area contributed by atoms with Gasteiger partial charge in [0, 0.05) is 44.0 Å². The lowest BCUT2D eigenvalue weighted by atomic mass is 9.72. The molecule has 0 bridgehead atoms. The van der Waals surface area contributed by atoms with Crippen molar-refractivity contribution in [2.24, 2.45) is 16.3 Å².